The van der Waals surface area contributed by atoms with Gasteiger partial charge in [0.1, 0.15) is 52.2 Å². The molecule has 13 heterocycles. The molecule has 0 bridgehead atoms. The number of aliphatic hydroxyl groups is 1. The molecule has 778 valence electrons. The predicted octanol–water partition coefficient (Wildman–Crippen LogP) is 16.4. The standard InChI is InChI=1S/C27H28N6O4S.C27H33N5O4S.C27H32N4O5S.C25H28ClN5O4S/c1-18-14-27(2,3)33(16-18)25-21(6-5-13-29-25)26(34)32-38(35,36)24-8-4-7-23(31-24)30-20-11-9-19(10-12-20)22-15-28-17-37-22;1-17-14-26(2,3)32(16-17)24-21(25(33)31-37(35,36)23-8-6-7-22(28)30-23)13-19(15-29-24)18-9-11-20(12-10-18)27(4,5)34;1-17(2)36-20-9-6-8-19(14-20)22-12-11-21(24(29-22)31-16-18(3)15-27(31,4)5)25(32)30-37(34,35)23-10-7-13-28-26(23)33;1-15-12-25(2,3)31(14-15)23-20(24(32)30-36(33,34)22-7-5-6-21(27)29-22)10-17(13-28-23)16-8-18(26)11-19(9-16)35-4/h4-13,15,17-18H,14,16H2,1-3H3,(H,30,31)(H,32,34);6-13,15,17,34H,14,16H2,1-5H3,(H2,28,30)(H,31,33);6-14,17-18H,15-16H2,1-5H3,(H,28,33)(H,30,32);5-11,13,15H,12,14H2,1-4H3,(H2,27,29)(H,30,32)/t;;18-;/m..0./s1. The molecule has 4 amide bonds. The summed E-state index contributed by atoms with van der Waals surface area (Å²) in [5, 5.41) is 12.8. The molecule has 42 heteroatoms. The number of nitrogens with one attached hydrogen (secondary N) is 6. The molecule has 17 rings (SSSR count). The van der Waals surface area contributed by atoms with Crippen molar-refractivity contribution in [2.75, 3.05) is 69.7 Å². The highest BCUT2D eigenvalue weighted by atomic mass is 35.5. The highest BCUT2D eigenvalue weighted by Crippen LogP contribution is 2.45. The van der Waals surface area contributed by atoms with Gasteiger partial charge in [0, 0.05) is 106 Å². The molecule has 4 aliphatic heterocycles. The first-order chi connectivity index (χ1) is 69.6. The first kappa shape index (κ1) is 109. The van der Waals surface area contributed by atoms with Crippen LogP contribution in [0.5, 0.6) is 11.5 Å². The maximum absolute atomic E-state index is 13.5. The number of anilines is 8. The zero-order valence-electron chi connectivity index (χ0n) is 85.0. The van der Waals surface area contributed by atoms with Gasteiger partial charge in [0.25, 0.3) is 69.3 Å². The summed E-state index contributed by atoms with van der Waals surface area (Å²) in [7, 11) is -15.7. The lowest BCUT2D eigenvalue weighted by molar-refractivity contribution is 0.0785. The Kier molecular flexibility index (Phi) is 32.2. The molecule has 4 aromatic carbocycles. The maximum Gasteiger partial charge on any atom is 0.281 e. The second-order valence-electron chi connectivity index (χ2n) is 40.6. The summed E-state index contributed by atoms with van der Waals surface area (Å²) >= 11 is 6.25. The Bertz CT molecular complexity index is 7690. The third kappa shape index (κ3) is 25.9. The first-order valence-electron chi connectivity index (χ1n) is 47.7. The summed E-state index contributed by atoms with van der Waals surface area (Å²) in [5.41, 5.74) is 15.3. The number of rotatable bonds is 26. The highest BCUT2D eigenvalue weighted by Gasteiger charge is 2.45. The number of carbonyl (C=O) groups is 4. The molecule has 3 unspecified atom stereocenters. The third-order valence-electron chi connectivity index (χ3n) is 25.4. The lowest BCUT2D eigenvalue weighted by atomic mass is 9.95. The van der Waals surface area contributed by atoms with Crippen molar-refractivity contribution in [3.63, 3.8) is 0 Å². The average Bonchev–Trinajstić information content (AvgIpc) is 1.54. The number of hydrogen-bond donors (Lipinski definition) is 9. The maximum atomic E-state index is 13.5. The van der Waals surface area contributed by atoms with Gasteiger partial charge in [-0.3, -0.25) is 24.0 Å². The second-order valence-corrected chi connectivity index (χ2v) is 47.6. The summed E-state index contributed by atoms with van der Waals surface area (Å²) in [6.45, 7) is 35.2. The van der Waals surface area contributed by atoms with Gasteiger partial charge in [0.2, 0.25) is 0 Å². The molecule has 0 saturated carbocycles. The fraction of sp³-hybridized carbons (Fsp3) is 0.330. The van der Waals surface area contributed by atoms with Crippen molar-refractivity contribution < 1.29 is 71.8 Å². The van der Waals surface area contributed by atoms with Crippen molar-refractivity contribution in [2.24, 2.45) is 23.7 Å². The van der Waals surface area contributed by atoms with Gasteiger partial charge >= 0.3 is 0 Å². The molecule has 148 heavy (non-hydrogen) atoms. The summed E-state index contributed by atoms with van der Waals surface area (Å²) in [6, 6.07) is 52.5. The summed E-state index contributed by atoms with van der Waals surface area (Å²) in [5.74, 6) is 2.18. The van der Waals surface area contributed by atoms with Gasteiger partial charge in [-0.1, -0.05) is 93.9 Å². The van der Waals surface area contributed by atoms with Gasteiger partial charge in [-0.15, -0.1) is 0 Å². The van der Waals surface area contributed by atoms with E-state index in [4.69, 9.17) is 41.9 Å². The lowest BCUT2D eigenvalue weighted by Crippen LogP contribution is -2.41. The van der Waals surface area contributed by atoms with E-state index < -0.39 is 79.8 Å². The number of amides is 4. The minimum Gasteiger partial charge on any atom is -0.497 e. The van der Waals surface area contributed by atoms with Gasteiger partial charge in [-0.2, -0.15) is 25.3 Å². The number of nitrogen functional groups attached to an aromatic ring is 2. The number of nitrogens with two attached hydrogens (primary N) is 2. The Morgan fingerprint density at radius 3 is 1.39 bits per heavy atom. The highest BCUT2D eigenvalue weighted by molar-refractivity contribution is 7.91. The zero-order valence-corrected chi connectivity index (χ0v) is 89.0. The van der Waals surface area contributed by atoms with E-state index in [2.05, 4.69) is 152 Å². The van der Waals surface area contributed by atoms with Crippen LogP contribution in [0.2, 0.25) is 5.02 Å². The van der Waals surface area contributed by atoms with Crippen LogP contribution in [0, 0.1) is 23.7 Å². The number of hydrogen-bond acceptors (Lipinski definition) is 32. The number of carbonyl (C=O) groups excluding carboxylic acids is 4. The SMILES string of the molecule is CC(C)Oc1cccc(-c2ccc(C(=O)NS(=O)(=O)c3ccc[nH]c3=O)c(N3C[C@@H](C)CC3(C)C)n2)c1.CC1CN(c2ncc(-c3ccc(C(C)(C)O)cc3)cc2C(=O)NS(=O)(=O)c2cccc(N)n2)C(C)(C)C1.CC1CN(c2ncccc2C(=O)NS(=O)(=O)c2cccc(Nc3ccc(-c4cnco4)cc3)n2)C(C)(C)C1.COc1cc(Cl)cc(-c2cnc(N3CC(C)CC3(C)C)c(C(=O)NS(=O)(=O)c3cccc(N)n3)c2)c1. The molecule has 4 atom stereocenters. The molecule has 37 nitrogen and oxygen atoms in total. The first-order valence-corrected chi connectivity index (χ1v) is 54.0. The second kappa shape index (κ2) is 43.7. The zero-order chi connectivity index (χ0) is 107. The van der Waals surface area contributed by atoms with E-state index in [-0.39, 0.29) is 77.2 Å². The van der Waals surface area contributed by atoms with Gasteiger partial charge in [-0.05, 0) is 289 Å². The van der Waals surface area contributed by atoms with Crippen LogP contribution in [0.4, 0.5) is 46.4 Å². The number of pyridine rings is 8. The molecule has 4 aliphatic rings. The molecule has 4 saturated heterocycles. The van der Waals surface area contributed by atoms with Crippen LogP contribution in [-0.4, -0.2) is 169 Å². The van der Waals surface area contributed by atoms with E-state index in [0.717, 1.165) is 60.5 Å². The van der Waals surface area contributed by atoms with Crippen LogP contribution < -0.4 is 70.3 Å². The number of ether oxygens (including phenoxy) is 2. The van der Waals surface area contributed by atoms with Gasteiger partial charge in [-0.25, -0.2) is 67.2 Å². The van der Waals surface area contributed by atoms with Crippen LogP contribution in [0.15, 0.2) is 261 Å². The molecular weight excluding hydrogens is 1990 g/mol. The van der Waals surface area contributed by atoms with Crippen molar-refractivity contribution >= 4 is 122 Å². The van der Waals surface area contributed by atoms with Crippen molar-refractivity contribution in [1.29, 1.82) is 0 Å². The normalized spacial score (nSPS) is 17.2. The summed E-state index contributed by atoms with van der Waals surface area (Å²) < 4.78 is 129. The minimum absolute atomic E-state index is 0.00975. The number of aromatic amines is 1. The van der Waals surface area contributed by atoms with Gasteiger partial charge in [0.05, 0.1) is 53.0 Å². The lowest BCUT2D eigenvalue weighted by Gasteiger charge is -2.34. The van der Waals surface area contributed by atoms with Crippen LogP contribution in [-0.2, 0) is 45.7 Å². The Hall–Kier alpha value is -14.8. The van der Waals surface area contributed by atoms with Crippen molar-refractivity contribution in [2.45, 2.75) is 190 Å². The largest absolute Gasteiger partial charge is 0.497 e. The fourth-order valence-electron chi connectivity index (χ4n) is 19.1. The molecule has 4 fully saturated rings. The molecule has 9 aromatic heterocycles. The van der Waals surface area contributed by atoms with Crippen LogP contribution in [0.1, 0.15) is 183 Å². The Labute approximate surface area is 866 Å². The van der Waals surface area contributed by atoms with E-state index in [1.54, 1.807) is 105 Å². The number of halogens is 1. The molecule has 11 N–H and O–H groups in total. The number of methoxy groups -OCH3 is 1. The molecule has 0 aliphatic carbocycles. The van der Waals surface area contributed by atoms with Crippen molar-refractivity contribution in [1.82, 2.24) is 63.7 Å². The Morgan fingerprint density at radius 2 is 0.926 bits per heavy atom. The summed E-state index contributed by atoms with van der Waals surface area (Å²) in [4.78, 5) is 110. The topological polar surface area (TPSA) is 518 Å². The Morgan fingerprint density at radius 1 is 0.473 bits per heavy atom. The fourth-order valence-corrected chi connectivity index (χ4v) is 23.2. The van der Waals surface area contributed by atoms with Crippen LogP contribution in [0.3, 0.4) is 0 Å². The summed E-state index contributed by atoms with van der Waals surface area (Å²) in [6.07, 6.45) is 12.9. The third-order valence-corrected chi connectivity index (χ3v) is 30.7. The van der Waals surface area contributed by atoms with Crippen LogP contribution in [0.25, 0.3) is 44.8 Å². The monoisotopic (exact) mass is 2110 g/mol. The molecule has 0 spiro atoms. The number of sulfonamides is 4. The van der Waals surface area contributed by atoms with Crippen molar-refractivity contribution in [3.05, 3.63) is 275 Å². The predicted molar refractivity (Wildman–Crippen MR) is 569 cm³/mol. The van der Waals surface area contributed by atoms with E-state index in [1.165, 1.54) is 68.2 Å². The number of nitrogens with zero attached hydrogens (tertiary/aromatic N) is 12. The minimum atomic E-state index is -4.40. The van der Waals surface area contributed by atoms with Crippen LogP contribution >= 0.6 is 11.6 Å². The van der Waals surface area contributed by atoms with Gasteiger partial charge in [0.15, 0.2) is 32.1 Å². The van der Waals surface area contributed by atoms with Crippen molar-refractivity contribution in [3.8, 4) is 56.3 Å². The molecular formula is C106H121ClN20O17S4. The van der Waals surface area contributed by atoms with Gasteiger partial charge < -0.3 is 60.4 Å². The number of oxazole rings is 1. The number of benzene rings is 4. The van der Waals surface area contributed by atoms with E-state index in [1.807, 2.05) is 101 Å². The van der Waals surface area contributed by atoms with E-state index in [0.29, 0.717) is 123 Å². The molecule has 13 aromatic rings. The van der Waals surface area contributed by atoms with E-state index >= 15 is 0 Å². The number of H-pyrrole nitrogens is 1. The Balaban J connectivity index is 0.000000156. The smallest absolute Gasteiger partial charge is 0.281 e. The average molecular weight is 2110 g/mol. The van der Waals surface area contributed by atoms with E-state index in [9.17, 15) is 62.8 Å². The quantitative estimate of drug-likeness (QED) is 0.0243. The number of aromatic nitrogens is 9. The molecule has 0 radical (unpaired) electrons.